The molecule has 0 spiro atoms. The van der Waals surface area contributed by atoms with Gasteiger partial charge in [0, 0.05) is 12.8 Å². The van der Waals surface area contributed by atoms with Gasteiger partial charge in [-0.15, -0.1) is 0 Å². The number of quaternary nitrogens is 1. The van der Waals surface area contributed by atoms with Crippen LogP contribution in [0.1, 0.15) is 258 Å². The molecule has 0 aromatic carbocycles. The molecule has 2 unspecified atom stereocenters. The summed E-state index contributed by atoms with van der Waals surface area (Å²) in [6.45, 7) is 4.15. The van der Waals surface area contributed by atoms with Gasteiger partial charge in [-0.2, -0.15) is 0 Å². The van der Waals surface area contributed by atoms with Crippen LogP contribution in [-0.4, -0.2) is 70.0 Å². The molecule has 0 aliphatic carbocycles. The van der Waals surface area contributed by atoms with Crippen molar-refractivity contribution in [2.24, 2.45) is 0 Å². The van der Waals surface area contributed by atoms with Crippen LogP contribution in [0.15, 0.2) is 36.5 Å². The first-order valence-corrected chi connectivity index (χ1v) is 29.2. The van der Waals surface area contributed by atoms with Gasteiger partial charge in [0.15, 0.2) is 6.10 Å². The van der Waals surface area contributed by atoms with E-state index >= 15 is 0 Å². The van der Waals surface area contributed by atoms with E-state index < -0.39 is 26.5 Å². The number of carbonyl (C=O) groups is 2. The Labute approximate surface area is 408 Å². The lowest BCUT2D eigenvalue weighted by Gasteiger charge is -2.28. The van der Waals surface area contributed by atoms with Gasteiger partial charge in [0.1, 0.15) is 19.8 Å². The predicted molar refractivity (Wildman–Crippen MR) is 277 cm³/mol. The van der Waals surface area contributed by atoms with Gasteiger partial charge in [-0.25, -0.2) is 0 Å². The van der Waals surface area contributed by atoms with Crippen molar-refractivity contribution >= 4 is 19.8 Å². The first-order valence-electron chi connectivity index (χ1n) is 27.7. The SMILES string of the molecule is CC/C=C\C/C=C\C/C=C\CCCCCCCCCC(=O)OC(COC(=O)CCCCCCCCCCCCCCCCCCCCCCCCCCC)COP(=O)([O-])OCC[N+](C)(C)C. The quantitative estimate of drug-likeness (QED) is 0.0195. The normalized spacial score (nSPS) is 13.6. The second-order valence-electron chi connectivity index (χ2n) is 19.9. The largest absolute Gasteiger partial charge is 0.756 e. The molecular formula is C56H106NO8P. The van der Waals surface area contributed by atoms with E-state index in [4.69, 9.17) is 18.5 Å². The van der Waals surface area contributed by atoms with Crippen LogP contribution in [0.2, 0.25) is 0 Å². The number of nitrogens with zero attached hydrogens (tertiary/aromatic N) is 1. The van der Waals surface area contributed by atoms with Crippen LogP contribution in [0.3, 0.4) is 0 Å². The molecule has 388 valence electrons. The van der Waals surface area contributed by atoms with Gasteiger partial charge in [-0.1, -0.05) is 237 Å². The number of hydrogen-bond acceptors (Lipinski definition) is 8. The van der Waals surface area contributed by atoms with Gasteiger partial charge < -0.3 is 27.9 Å². The number of ether oxygens (including phenoxy) is 2. The van der Waals surface area contributed by atoms with Crippen molar-refractivity contribution < 1.29 is 42.1 Å². The summed E-state index contributed by atoms with van der Waals surface area (Å²) in [6, 6.07) is 0. The third kappa shape index (κ3) is 51.6. The number of phosphoric ester groups is 1. The van der Waals surface area contributed by atoms with E-state index in [1.807, 2.05) is 21.1 Å². The van der Waals surface area contributed by atoms with E-state index in [1.165, 1.54) is 161 Å². The summed E-state index contributed by atoms with van der Waals surface area (Å²) in [5.41, 5.74) is 0. The minimum Gasteiger partial charge on any atom is -0.756 e. The fourth-order valence-electron chi connectivity index (χ4n) is 7.91. The summed E-state index contributed by atoms with van der Waals surface area (Å²) in [7, 11) is 1.17. The summed E-state index contributed by atoms with van der Waals surface area (Å²) in [5, 5.41) is 0. The number of allylic oxidation sites excluding steroid dienone is 6. The van der Waals surface area contributed by atoms with E-state index in [-0.39, 0.29) is 32.0 Å². The molecule has 0 amide bonds. The zero-order valence-corrected chi connectivity index (χ0v) is 44.8. The van der Waals surface area contributed by atoms with Crippen LogP contribution in [-0.2, 0) is 32.7 Å². The molecule has 0 saturated heterocycles. The Hall–Kier alpha value is -1.77. The molecule has 0 N–H and O–H groups in total. The number of carbonyl (C=O) groups excluding carboxylic acids is 2. The minimum atomic E-state index is -4.63. The summed E-state index contributed by atoms with van der Waals surface area (Å²) >= 11 is 0. The van der Waals surface area contributed by atoms with E-state index in [1.54, 1.807) is 0 Å². The molecule has 0 heterocycles. The third-order valence-electron chi connectivity index (χ3n) is 12.2. The summed E-state index contributed by atoms with van der Waals surface area (Å²) in [6.07, 6.45) is 57.6. The number of phosphoric acid groups is 1. The Kier molecular flexibility index (Phi) is 47.0. The second-order valence-corrected chi connectivity index (χ2v) is 21.3. The topological polar surface area (TPSA) is 111 Å². The van der Waals surface area contributed by atoms with E-state index in [0.717, 1.165) is 64.2 Å². The minimum absolute atomic E-state index is 0.0319. The lowest BCUT2D eigenvalue weighted by molar-refractivity contribution is -0.870. The number of hydrogen-bond donors (Lipinski definition) is 0. The Balaban J connectivity index is 4.13. The Morgan fingerprint density at radius 3 is 1.29 bits per heavy atom. The molecule has 0 radical (unpaired) electrons. The molecule has 66 heavy (non-hydrogen) atoms. The molecule has 0 fully saturated rings. The van der Waals surface area contributed by atoms with Crippen LogP contribution in [0.4, 0.5) is 0 Å². The van der Waals surface area contributed by atoms with Gasteiger partial charge >= 0.3 is 11.9 Å². The molecule has 0 saturated carbocycles. The van der Waals surface area contributed by atoms with Gasteiger partial charge in [0.2, 0.25) is 0 Å². The molecule has 0 bridgehead atoms. The average Bonchev–Trinajstić information content (AvgIpc) is 3.27. The standard InChI is InChI=1S/C56H106NO8P/c1-6-8-10-12-14-16-18-20-22-24-25-26-27-28-29-30-31-33-34-36-38-40-42-44-46-48-55(58)62-52-54(53-64-66(60,61)63-51-50-57(3,4)5)65-56(59)49-47-45-43-41-39-37-35-32-23-21-19-17-15-13-11-9-7-2/h9,11,15,17,21,23,54H,6-8,10,12-14,16,18-20,22,24-53H2,1-5H3/b11-9-,17-15-,23-21-. The first-order chi connectivity index (χ1) is 32.0. The molecule has 0 rings (SSSR count). The highest BCUT2D eigenvalue weighted by atomic mass is 31.2. The van der Waals surface area contributed by atoms with E-state index in [9.17, 15) is 19.0 Å². The summed E-state index contributed by atoms with van der Waals surface area (Å²) in [5.74, 6) is -0.834. The van der Waals surface area contributed by atoms with Crippen molar-refractivity contribution in [3.63, 3.8) is 0 Å². The van der Waals surface area contributed by atoms with Crippen molar-refractivity contribution in [2.75, 3.05) is 47.5 Å². The monoisotopic (exact) mass is 952 g/mol. The van der Waals surface area contributed by atoms with Crippen molar-refractivity contribution in [2.45, 2.75) is 264 Å². The highest BCUT2D eigenvalue weighted by Crippen LogP contribution is 2.38. The van der Waals surface area contributed by atoms with Gasteiger partial charge in [0.25, 0.3) is 7.82 Å². The van der Waals surface area contributed by atoms with E-state index in [0.29, 0.717) is 17.4 Å². The van der Waals surface area contributed by atoms with Crippen LogP contribution in [0.5, 0.6) is 0 Å². The molecule has 9 nitrogen and oxygen atoms in total. The molecule has 2 atom stereocenters. The Morgan fingerprint density at radius 2 is 0.864 bits per heavy atom. The first kappa shape index (κ1) is 64.2. The van der Waals surface area contributed by atoms with Crippen LogP contribution in [0.25, 0.3) is 0 Å². The Bertz CT molecular complexity index is 1210. The molecule has 0 aliphatic heterocycles. The van der Waals surface area contributed by atoms with Crippen LogP contribution in [0, 0.1) is 0 Å². The molecule has 10 heteroatoms. The maximum absolute atomic E-state index is 12.7. The fourth-order valence-corrected chi connectivity index (χ4v) is 8.64. The van der Waals surface area contributed by atoms with Gasteiger partial charge in [-0.05, 0) is 44.9 Å². The smallest absolute Gasteiger partial charge is 0.306 e. The zero-order valence-electron chi connectivity index (χ0n) is 43.9. The zero-order chi connectivity index (χ0) is 48.5. The molecule has 0 aromatic rings. The fraction of sp³-hybridized carbons (Fsp3) is 0.857. The van der Waals surface area contributed by atoms with Crippen molar-refractivity contribution in [1.29, 1.82) is 0 Å². The number of rotatable bonds is 51. The highest BCUT2D eigenvalue weighted by Gasteiger charge is 2.21. The van der Waals surface area contributed by atoms with Crippen molar-refractivity contribution in [1.82, 2.24) is 0 Å². The maximum atomic E-state index is 12.7. The van der Waals surface area contributed by atoms with Crippen molar-refractivity contribution in [3.8, 4) is 0 Å². The number of likely N-dealkylation sites (N-methyl/N-ethyl adjacent to an activating group) is 1. The summed E-state index contributed by atoms with van der Waals surface area (Å²) < 4.78 is 34.1. The summed E-state index contributed by atoms with van der Waals surface area (Å²) in [4.78, 5) is 37.8. The molecule has 0 aliphatic rings. The van der Waals surface area contributed by atoms with Crippen LogP contribution < -0.4 is 4.89 Å². The van der Waals surface area contributed by atoms with Crippen LogP contribution >= 0.6 is 7.82 Å². The number of unbranched alkanes of at least 4 members (excludes halogenated alkanes) is 31. The van der Waals surface area contributed by atoms with E-state index in [2.05, 4.69) is 50.3 Å². The van der Waals surface area contributed by atoms with Crippen molar-refractivity contribution in [3.05, 3.63) is 36.5 Å². The van der Waals surface area contributed by atoms with Gasteiger partial charge in [0.05, 0.1) is 27.7 Å². The molecule has 0 aromatic heterocycles. The molecular weight excluding hydrogens is 846 g/mol. The lowest BCUT2D eigenvalue weighted by atomic mass is 10.0. The average molecular weight is 952 g/mol. The Morgan fingerprint density at radius 1 is 0.485 bits per heavy atom. The van der Waals surface area contributed by atoms with Gasteiger partial charge in [-0.3, -0.25) is 14.2 Å². The number of esters is 2. The highest BCUT2D eigenvalue weighted by molar-refractivity contribution is 7.45. The third-order valence-corrected chi connectivity index (χ3v) is 13.1. The lowest BCUT2D eigenvalue weighted by Crippen LogP contribution is -2.37. The maximum Gasteiger partial charge on any atom is 0.306 e. The second kappa shape index (κ2) is 48.3. The predicted octanol–water partition coefficient (Wildman–Crippen LogP) is 16.2.